The van der Waals surface area contributed by atoms with Crippen LogP contribution >= 0.6 is 0 Å². The molecule has 1 heterocycles. The molecule has 0 N–H and O–H groups in total. The van der Waals surface area contributed by atoms with Crippen LogP contribution in [-0.2, 0) is 14.8 Å². The number of sulfonamides is 1. The zero-order valence-electron chi connectivity index (χ0n) is 10.0. The minimum Gasteiger partial charge on any atom is -0.378 e. The van der Waals surface area contributed by atoms with E-state index in [1.54, 1.807) is 28.6 Å². The van der Waals surface area contributed by atoms with E-state index in [2.05, 4.69) is 0 Å². The number of hydrogen-bond acceptors (Lipinski definition) is 3. The summed E-state index contributed by atoms with van der Waals surface area (Å²) in [6.07, 6.45) is 0. The van der Waals surface area contributed by atoms with Crippen molar-refractivity contribution in [1.29, 1.82) is 0 Å². The molecular weight excluding hydrogens is 238 g/mol. The van der Waals surface area contributed by atoms with Crippen LogP contribution in [-0.4, -0.2) is 38.0 Å². The molecule has 0 saturated carbocycles. The molecule has 0 unspecified atom stereocenters. The minimum atomic E-state index is -3.41. The second kappa shape index (κ2) is 4.76. The molecule has 0 spiro atoms. The van der Waals surface area contributed by atoms with E-state index in [-0.39, 0.29) is 12.1 Å². The fourth-order valence-electron chi connectivity index (χ4n) is 2.18. The highest BCUT2D eigenvalue weighted by molar-refractivity contribution is 7.89. The second-order valence-corrected chi connectivity index (χ2v) is 6.23. The first-order valence-corrected chi connectivity index (χ1v) is 7.14. The first-order chi connectivity index (χ1) is 8.03. The van der Waals surface area contributed by atoms with Crippen molar-refractivity contribution >= 4 is 10.0 Å². The summed E-state index contributed by atoms with van der Waals surface area (Å²) in [6, 6.07) is 8.30. The van der Waals surface area contributed by atoms with Gasteiger partial charge in [-0.15, -0.1) is 0 Å². The number of benzene rings is 1. The van der Waals surface area contributed by atoms with E-state index in [1.165, 1.54) is 0 Å². The Kier molecular flexibility index (Phi) is 3.51. The summed E-state index contributed by atoms with van der Waals surface area (Å²) in [4.78, 5) is 0.348. The van der Waals surface area contributed by atoms with Crippen molar-refractivity contribution in [3.63, 3.8) is 0 Å². The van der Waals surface area contributed by atoms with Crippen LogP contribution in [0.4, 0.5) is 0 Å². The Morgan fingerprint density at radius 3 is 2.18 bits per heavy atom. The van der Waals surface area contributed by atoms with Crippen LogP contribution in [0, 0.1) is 0 Å². The predicted molar refractivity (Wildman–Crippen MR) is 65.2 cm³/mol. The summed E-state index contributed by atoms with van der Waals surface area (Å²) in [7, 11) is -3.41. The van der Waals surface area contributed by atoms with Crippen molar-refractivity contribution in [2.24, 2.45) is 0 Å². The third-order valence-corrected chi connectivity index (χ3v) is 5.05. The number of rotatable bonds is 2. The maximum absolute atomic E-state index is 12.5. The van der Waals surface area contributed by atoms with Gasteiger partial charge in [0.25, 0.3) is 0 Å². The minimum absolute atomic E-state index is 0.121. The van der Waals surface area contributed by atoms with E-state index in [9.17, 15) is 8.42 Å². The molecule has 1 aromatic rings. The van der Waals surface area contributed by atoms with Gasteiger partial charge in [-0.25, -0.2) is 8.42 Å². The maximum Gasteiger partial charge on any atom is 0.243 e. The fourth-order valence-corrected chi connectivity index (χ4v) is 3.99. The molecule has 2 atom stereocenters. The Hall–Kier alpha value is -0.910. The molecule has 17 heavy (non-hydrogen) atoms. The first kappa shape index (κ1) is 12.5. The van der Waals surface area contributed by atoms with Crippen molar-refractivity contribution in [2.75, 3.05) is 13.2 Å². The van der Waals surface area contributed by atoms with E-state index < -0.39 is 10.0 Å². The van der Waals surface area contributed by atoms with Gasteiger partial charge in [0.05, 0.1) is 18.1 Å². The summed E-state index contributed by atoms with van der Waals surface area (Å²) in [5.41, 5.74) is 0. The van der Waals surface area contributed by atoms with E-state index in [0.717, 1.165) is 0 Å². The summed E-state index contributed by atoms with van der Waals surface area (Å²) in [6.45, 7) is 4.65. The lowest BCUT2D eigenvalue weighted by Crippen LogP contribution is -2.52. The average Bonchev–Trinajstić information content (AvgIpc) is 2.29. The Morgan fingerprint density at radius 1 is 1.12 bits per heavy atom. The monoisotopic (exact) mass is 255 g/mol. The second-order valence-electron chi connectivity index (χ2n) is 4.38. The zero-order chi connectivity index (χ0) is 12.5. The molecule has 1 aliphatic rings. The lowest BCUT2D eigenvalue weighted by atomic mass is 10.2. The molecule has 0 aromatic heterocycles. The SMILES string of the molecule is C[C@H]1COC[C@H](C)N1S(=O)(=O)c1ccccc1. The van der Waals surface area contributed by atoms with Gasteiger partial charge < -0.3 is 4.74 Å². The normalized spacial score (nSPS) is 26.9. The van der Waals surface area contributed by atoms with E-state index in [4.69, 9.17) is 4.74 Å². The molecular formula is C12H17NO3S. The van der Waals surface area contributed by atoms with Crippen LogP contribution in [0.5, 0.6) is 0 Å². The Morgan fingerprint density at radius 2 is 1.65 bits per heavy atom. The van der Waals surface area contributed by atoms with Crippen LogP contribution in [0.15, 0.2) is 35.2 Å². The van der Waals surface area contributed by atoms with Crippen molar-refractivity contribution in [3.05, 3.63) is 30.3 Å². The third-order valence-electron chi connectivity index (χ3n) is 2.91. The molecule has 1 fully saturated rings. The van der Waals surface area contributed by atoms with Crippen molar-refractivity contribution in [2.45, 2.75) is 30.8 Å². The highest BCUT2D eigenvalue weighted by atomic mass is 32.2. The predicted octanol–water partition coefficient (Wildman–Crippen LogP) is 1.48. The summed E-state index contributed by atoms with van der Waals surface area (Å²) >= 11 is 0. The first-order valence-electron chi connectivity index (χ1n) is 5.70. The van der Waals surface area contributed by atoms with Gasteiger partial charge in [-0.05, 0) is 26.0 Å². The Labute approximate surface area is 102 Å². The van der Waals surface area contributed by atoms with Crippen LogP contribution in [0.3, 0.4) is 0 Å². The molecule has 1 aromatic carbocycles. The molecule has 0 bridgehead atoms. The summed E-state index contributed by atoms with van der Waals surface area (Å²) in [5, 5.41) is 0. The van der Waals surface area contributed by atoms with Crippen LogP contribution in [0.2, 0.25) is 0 Å². The van der Waals surface area contributed by atoms with Gasteiger partial charge in [0.2, 0.25) is 10.0 Å². The molecule has 1 saturated heterocycles. The molecule has 5 heteroatoms. The van der Waals surface area contributed by atoms with Crippen molar-refractivity contribution in [3.8, 4) is 0 Å². The largest absolute Gasteiger partial charge is 0.378 e. The molecule has 0 aliphatic carbocycles. The maximum atomic E-state index is 12.5. The van der Waals surface area contributed by atoms with Gasteiger partial charge in [-0.3, -0.25) is 0 Å². The lowest BCUT2D eigenvalue weighted by Gasteiger charge is -2.37. The third kappa shape index (κ3) is 2.36. The number of hydrogen-bond donors (Lipinski definition) is 0. The van der Waals surface area contributed by atoms with Gasteiger partial charge in [0, 0.05) is 12.1 Å². The topological polar surface area (TPSA) is 46.6 Å². The number of ether oxygens (including phenoxy) is 1. The number of nitrogens with zero attached hydrogens (tertiary/aromatic N) is 1. The fraction of sp³-hybridized carbons (Fsp3) is 0.500. The summed E-state index contributed by atoms with van der Waals surface area (Å²) < 4.78 is 31.9. The van der Waals surface area contributed by atoms with E-state index in [1.807, 2.05) is 19.9 Å². The van der Waals surface area contributed by atoms with Crippen LogP contribution in [0.1, 0.15) is 13.8 Å². The highest BCUT2D eigenvalue weighted by Gasteiger charge is 2.36. The van der Waals surface area contributed by atoms with Crippen LogP contribution < -0.4 is 0 Å². The molecule has 2 rings (SSSR count). The standard InChI is InChI=1S/C12H17NO3S/c1-10-8-16-9-11(2)13(10)17(14,15)12-6-4-3-5-7-12/h3-7,10-11H,8-9H2,1-2H3/t10-,11-/m0/s1. The van der Waals surface area contributed by atoms with Gasteiger partial charge in [0.1, 0.15) is 0 Å². The number of morpholine rings is 1. The van der Waals surface area contributed by atoms with Gasteiger partial charge in [-0.2, -0.15) is 4.31 Å². The van der Waals surface area contributed by atoms with E-state index >= 15 is 0 Å². The van der Waals surface area contributed by atoms with Crippen molar-refractivity contribution in [1.82, 2.24) is 4.31 Å². The Balaban J connectivity index is 2.38. The Bertz CT molecular complexity index is 462. The molecule has 0 radical (unpaired) electrons. The highest BCUT2D eigenvalue weighted by Crippen LogP contribution is 2.23. The zero-order valence-corrected chi connectivity index (χ0v) is 10.9. The lowest BCUT2D eigenvalue weighted by molar-refractivity contribution is 0.00636. The van der Waals surface area contributed by atoms with Gasteiger partial charge in [0.15, 0.2) is 0 Å². The summed E-state index contributed by atoms with van der Waals surface area (Å²) in [5.74, 6) is 0. The molecule has 4 nitrogen and oxygen atoms in total. The molecule has 1 aliphatic heterocycles. The average molecular weight is 255 g/mol. The van der Waals surface area contributed by atoms with Crippen molar-refractivity contribution < 1.29 is 13.2 Å². The quantitative estimate of drug-likeness (QED) is 0.804. The molecule has 94 valence electrons. The smallest absolute Gasteiger partial charge is 0.243 e. The van der Waals surface area contributed by atoms with Gasteiger partial charge in [-0.1, -0.05) is 18.2 Å². The molecule has 0 amide bonds. The van der Waals surface area contributed by atoms with Crippen LogP contribution in [0.25, 0.3) is 0 Å². The van der Waals surface area contributed by atoms with E-state index in [0.29, 0.717) is 18.1 Å². The van der Waals surface area contributed by atoms with Gasteiger partial charge >= 0.3 is 0 Å².